The first-order chi connectivity index (χ1) is 8.82. The van der Waals surface area contributed by atoms with Crippen LogP contribution >= 0.6 is 15.9 Å². The van der Waals surface area contributed by atoms with E-state index in [9.17, 15) is 14.9 Å². The fraction of sp³-hybridized carbons (Fsp3) is 0.250. The number of nitrogens with zero attached hydrogens (tertiary/aromatic N) is 2. The van der Waals surface area contributed by atoms with E-state index in [0.29, 0.717) is 15.7 Å². The fourth-order valence-corrected chi connectivity index (χ4v) is 1.76. The number of halogens is 1. The number of carbonyl (C=O) groups excluding carboxylic acids is 1. The molecule has 7 heteroatoms. The molecule has 0 saturated carbocycles. The lowest BCUT2D eigenvalue weighted by atomic mass is 10.2. The van der Waals surface area contributed by atoms with Crippen molar-refractivity contribution in [2.45, 2.75) is 6.92 Å². The highest BCUT2D eigenvalue weighted by molar-refractivity contribution is 9.10. The summed E-state index contributed by atoms with van der Waals surface area (Å²) in [6, 6.07) is 4.16. The molecule has 0 aliphatic carbocycles. The smallest absolute Gasteiger partial charge is 0.414 e. The molecule has 1 aromatic carbocycles. The minimum atomic E-state index is -0.607. The van der Waals surface area contributed by atoms with Gasteiger partial charge in [-0.15, -0.1) is 0 Å². The molecule has 6 nitrogen and oxygen atoms in total. The van der Waals surface area contributed by atoms with Gasteiger partial charge in [0.2, 0.25) is 0 Å². The Morgan fingerprint density at radius 1 is 1.58 bits per heavy atom. The SMILES string of the molecule is C=C(C)COC(=O)N(C)c1cc([N+](=O)[O-])ccc1Br. The molecule has 102 valence electrons. The van der Waals surface area contributed by atoms with Crippen LogP contribution in [0.5, 0.6) is 0 Å². The van der Waals surface area contributed by atoms with Crippen molar-refractivity contribution in [3.63, 3.8) is 0 Å². The molecule has 0 heterocycles. The Morgan fingerprint density at radius 2 is 2.21 bits per heavy atom. The van der Waals surface area contributed by atoms with E-state index in [4.69, 9.17) is 4.74 Å². The zero-order valence-corrected chi connectivity index (χ0v) is 12.1. The van der Waals surface area contributed by atoms with Crippen LogP contribution in [0.3, 0.4) is 0 Å². The van der Waals surface area contributed by atoms with Crippen LogP contribution < -0.4 is 4.90 Å². The third-order valence-corrected chi connectivity index (χ3v) is 2.89. The summed E-state index contributed by atoms with van der Waals surface area (Å²) in [5.41, 5.74) is 0.971. The van der Waals surface area contributed by atoms with Crippen LogP contribution in [0.25, 0.3) is 0 Å². The lowest BCUT2D eigenvalue weighted by molar-refractivity contribution is -0.384. The Balaban J connectivity index is 2.94. The zero-order chi connectivity index (χ0) is 14.6. The van der Waals surface area contributed by atoms with Crippen LogP contribution in [0.1, 0.15) is 6.92 Å². The molecule has 0 spiro atoms. The first kappa shape index (κ1) is 15.2. The highest BCUT2D eigenvalue weighted by atomic mass is 79.9. The Kier molecular flexibility index (Phi) is 5.05. The Hall–Kier alpha value is -1.89. The van der Waals surface area contributed by atoms with Crippen molar-refractivity contribution < 1.29 is 14.5 Å². The summed E-state index contributed by atoms with van der Waals surface area (Å²) in [7, 11) is 1.48. The van der Waals surface area contributed by atoms with E-state index in [1.54, 1.807) is 6.92 Å². The monoisotopic (exact) mass is 328 g/mol. The van der Waals surface area contributed by atoms with Gasteiger partial charge in [0.1, 0.15) is 6.61 Å². The van der Waals surface area contributed by atoms with E-state index >= 15 is 0 Å². The number of nitro benzene ring substituents is 1. The number of benzene rings is 1. The van der Waals surface area contributed by atoms with Crippen LogP contribution in [0, 0.1) is 10.1 Å². The summed E-state index contributed by atoms with van der Waals surface area (Å²) in [6.07, 6.45) is -0.607. The number of hydrogen-bond acceptors (Lipinski definition) is 4. The quantitative estimate of drug-likeness (QED) is 0.481. The predicted octanol–water partition coefficient (Wildman–Crippen LogP) is 3.51. The van der Waals surface area contributed by atoms with Gasteiger partial charge in [0.05, 0.1) is 10.6 Å². The van der Waals surface area contributed by atoms with Crippen molar-refractivity contribution in [1.29, 1.82) is 0 Å². The van der Waals surface area contributed by atoms with Crippen LogP contribution in [-0.2, 0) is 4.74 Å². The third kappa shape index (κ3) is 4.06. The number of non-ortho nitro benzene ring substituents is 1. The Morgan fingerprint density at radius 3 is 2.74 bits per heavy atom. The predicted molar refractivity (Wildman–Crippen MR) is 75.4 cm³/mol. The summed E-state index contributed by atoms with van der Waals surface area (Å²) in [6.45, 7) is 5.46. The van der Waals surface area contributed by atoms with Gasteiger partial charge in [-0.25, -0.2) is 4.79 Å². The average molecular weight is 329 g/mol. The molecule has 0 aliphatic rings. The molecular formula is C12H13BrN2O4. The number of amides is 1. The summed E-state index contributed by atoms with van der Waals surface area (Å²) < 4.78 is 5.53. The zero-order valence-electron chi connectivity index (χ0n) is 10.6. The second-order valence-electron chi connectivity index (χ2n) is 3.96. The van der Waals surface area contributed by atoms with Crippen LogP contribution in [0.2, 0.25) is 0 Å². The largest absolute Gasteiger partial charge is 0.445 e. The van der Waals surface area contributed by atoms with Crippen molar-refractivity contribution >= 4 is 33.4 Å². The fourth-order valence-electron chi connectivity index (χ4n) is 1.25. The van der Waals surface area contributed by atoms with Gasteiger partial charge in [0, 0.05) is 23.7 Å². The first-order valence-electron chi connectivity index (χ1n) is 5.31. The van der Waals surface area contributed by atoms with Gasteiger partial charge in [-0.1, -0.05) is 6.58 Å². The second kappa shape index (κ2) is 6.33. The molecule has 0 bridgehead atoms. The van der Waals surface area contributed by atoms with Crippen LogP contribution in [0.4, 0.5) is 16.2 Å². The molecule has 1 aromatic rings. The normalized spacial score (nSPS) is 9.84. The van der Waals surface area contributed by atoms with Crippen molar-refractivity contribution in [1.82, 2.24) is 0 Å². The minimum absolute atomic E-state index is 0.0993. The minimum Gasteiger partial charge on any atom is -0.445 e. The second-order valence-corrected chi connectivity index (χ2v) is 4.82. The van der Waals surface area contributed by atoms with E-state index in [1.165, 1.54) is 30.1 Å². The maximum Gasteiger partial charge on any atom is 0.414 e. The van der Waals surface area contributed by atoms with Gasteiger partial charge in [0.15, 0.2) is 0 Å². The maximum absolute atomic E-state index is 11.8. The standard InChI is InChI=1S/C12H13BrN2O4/c1-8(2)7-19-12(16)14(3)11-6-9(15(17)18)4-5-10(11)13/h4-6H,1,7H2,2-3H3. The number of ether oxygens (including phenoxy) is 1. The van der Waals surface area contributed by atoms with E-state index in [-0.39, 0.29) is 12.3 Å². The maximum atomic E-state index is 11.8. The van der Waals surface area contributed by atoms with E-state index in [0.717, 1.165) is 0 Å². The van der Waals surface area contributed by atoms with E-state index in [1.807, 2.05) is 0 Å². The van der Waals surface area contributed by atoms with Gasteiger partial charge >= 0.3 is 6.09 Å². The van der Waals surface area contributed by atoms with E-state index < -0.39 is 11.0 Å². The van der Waals surface area contributed by atoms with E-state index in [2.05, 4.69) is 22.5 Å². The van der Waals surface area contributed by atoms with Crippen molar-refractivity contribution in [2.75, 3.05) is 18.6 Å². The molecule has 0 aromatic heterocycles. The number of nitro groups is 1. The lowest BCUT2D eigenvalue weighted by Gasteiger charge is -2.18. The third-order valence-electron chi connectivity index (χ3n) is 2.22. The van der Waals surface area contributed by atoms with Crippen molar-refractivity contribution in [2.24, 2.45) is 0 Å². The number of anilines is 1. The van der Waals surface area contributed by atoms with Gasteiger partial charge in [-0.3, -0.25) is 15.0 Å². The average Bonchev–Trinajstić information content (AvgIpc) is 2.35. The molecule has 1 amide bonds. The highest BCUT2D eigenvalue weighted by Crippen LogP contribution is 2.30. The van der Waals surface area contributed by atoms with Gasteiger partial charge in [-0.05, 0) is 34.5 Å². The Bertz CT molecular complexity index is 530. The van der Waals surface area contributed by atoms with Crippen LogP contribution in [0.15, 0.2) is 34.8 Å². The molecule has 0 aliphatic heterocycles. The molecule has 0 fully saturated rings. The molecule has 0 unspecified atom stereocenters. The summed E-state index contributed by atoms with van der Waals surface area (Å²) in [5.74, 6) is 0. The molecule has 0 N–H and O–H groups in total. The molecular weight excluding hydrogens is 316 g/mol. The molecule has 19 heavy (non-hydrogen) atoms. The number of carbonyl (C=O) groups is 1. The van der Waals surface area contributed by atoms with Gasteiger partial charge < -0.3 is 4.74 Å². The summed E-state index contributed by atoms with van der Waals surface area (Å²) in [5, 5.41) is 10.7. The first-order valence-corrected chi connectivity index (χ1v) is 6.11. The summed E-state index contributed by atoms with van der Waals surface area (Å²) in [4.78, 5) is 23.1. The van der Waals surface area contributed by atoms with Crippen molar-refractivity contribution in [3.8, 4) is 0 Å². The van der Waals surface area contributed by atoms with Crippen LogP contribution in [-0.4, -0.2) is 24.7 Å². The summed E-state index contributed by atoms with van der Waals surface area (Å²) >= 11 is 3.24. The number of hydrogen-bond donors (Lipinski definition) is 0. The molecule has 0 atom stereocenters. The Labute approximate surface area is 118 Å². The molecule has 0 radical (unpaired) electrons. The molecule has 1 rings (SSSR count). The van der Waals surface area contributed by atoms with Gasteiger partial charge in [-0.2, -0.15) is 0 Å². The molecule has 0 saturated heterocycles. The topological polar surface area (TPSA) is 72.7 Å². The lowest BCUT2D eigenvalue weighted by Crippen LogP contribution is -2.27. The van der Waals surface area contributed by atoms with Gasteiger partial charge in [0.25, 0.3) is 5.69 Å². The highest BCUT2D eigenvalue weighted by Gasteiger charge is 2.18. The number of rotatable bonds is 4. The van der Waals surface area contributed by atoms with Crippen molar-refractivity contribution in [3.05, 3.63) is 44.9 Å².